The summed E-state index contributed by atoms with van der Waals surface area (Å²) < 4.78 is 40.6. The molecule has 180 valence electrons. The maximum atomic E-state index is 15.1. The van der Waals surface area contributed by atoms with Crippen LogP contribution >= 0.6 is 46.1 Å². The van der Waals surface area contributed by atoms with Gasteiger partial charge >= 0.3 is 16.5 Å². The Morgan fingerprint density at radius 3 is 2.61 bits per heavy atom. The number of rotatable bonds is 8. The van der Waals surface area contributed by atoms with Crippen LogP contribution in [0.1, 0.15) is 12.8 Å². The van der Waals surface area contributed by atoms with Gasteiger partial charge in [-0.1, -0.05) is 16.1 Å². The van der Waals surface area contributed by atoms with Crippen LogP contribution in [0, 0.1) is 17.7 Å². The highest BCUT2D eigenvalue weighted by molar-refractivity contribution is 7.92. The van der Waals surface area contributed by atoms with Gasteiger partial charge in [0.25, 0.3) is 0 Å². The van der Waals surface area contributed by atoms with Crippen LogP contribution in [0.5, 0.6) is 0 Å². The van der Waals surface area contributed by atoms with Crippen LogP contribution in [0.25, 0.3) is 0 Å². The van der Waals surface area contributed by atoms with Crippen molar-refractivity contribution in [1.82, 2.24) is 9.88 Å². The minimum atomic E-state index is -4.63. The number of alkyl halides is 2. The number of anilines is 2. The summed E-state index contributed by atoms with van der Waals surface area (Å²) in [5.41, 5.74) is 0.232. The van der Waals surface area contributed by atoms with E-state index in [4.69, 9.17) is 34.8 Å². The van der Waals surface area contributed by atoms with E-state index in [1.807, 2.05) is 19.0 Å². The van der Waals surface area contributed by atoms with Gasteiger partial charge in [0.15, 0.2) is 0 Å². The summed E-state index contributed by atoms with van der Waals surface area (Å²) in [5.74, 6) is -0.755. The van der Waals surface area contributed by atoms with Crippen molar-refractivity contribution in [3.63, 3.8) is 0 Å². The molecule has 0 unspecified atom stereocenters. The summed E-state index contributed by atoms with van der Waals surface area (Å²) in [4.78, 5) is 20.6. The minimum absolute atomic E-state index is 0.0152. The second-order valence-electron chi connectivity index (χ2n) is 8.15. The van der Waals surface area contributed by atoms with Gasteiger partial charge in [-0.3, -0.25) is 4.79 Å². The fourth-order valence-corrected chi connectivity index (χ4v) is 7.55. The van der Waals surface area contributed by atoms with Gasteiger partial charge in [-0.05, 0) is 50.9 Å². The lowest BCUT2D eigenvalue weighted by molar-refractivity contribution is -0.128. The molecule has 4 atom stereocenters. The number of likely N-dealkylation sites (N-methyl/N-ethyl adjacent to an activating group) is 1. The predicted octanol–water partition coefficient (Wildman–Crippen LogP) is 4.14. The Labute approximate surface area is 209 Å². The van der Waals surface area contributed by atoms with Crippen molar-refractivity contribution in [2.45, 2.75) is 34.2 Å². The Balaban J connectivity index is 1.63. The lowest BCUT2D eigenvalue weighted by atomic mass is 9.89. The molecule has 4 rings (SSSR count). The molecule has 0 amide bonds. The molecule has 1 aromatic carbocycles. The van der Waals surface area contributed by atoms with Gasteiger partial charge in [0, 0.05) is 23.7 Å². The first-order chi connectivity index (χ1) is 15.5. The maximum absolute atomic E-state index is 15.1. The van der Waals surface area contributed by atoms with Gasteiger partial charge in [-0.25, -0.2) is 9.37 Å². The molecule has 1 heterocycles. The molecular formula is C19H20Cl3FN4O4S2. The molecule has 2 saturated carbocycles. The quantitative estimate of drug-likeness (QED) is 0.296. The molecule has 0 spiro atoms. The molecule has 0 saturated heterocycles. The van der Waals surface area contributed by atoms with Crippen molar-refractivity contribution in [2.24, 2.45) is 11.8 Å². The van der Waals surface area contributed by atoms with Gasteiger partial charge < -0.3 is 15.1 Å². The number of carbonyl (C=O) groups is 1. The largest absolute Gasteiger partial charge is 0.379 e. The van der Waals surface area contributed by atoms with Crippen LogP contribution in [-0.4, -0.2) is 55.3 Å². The number of nitrogens with one attached hydrogen (secondary N) is 1. The molecule has 8 nitrogen and oxygen atoms in total. The summed E-state index contributed by atoms with van der Waals surface area (Å²) in [5, 5.41) is 4.54. The van der Waals surface area contributed by atoms with E-state index >= 15 is 4.39 Å². The number of halogens is 4. The van der Waals surface area contributed by atoms with Crippen LogP contribution < -0.4 is 9.79 Å². The number of hydrogen-bond donors (Lipinski definition) is 1. The molecule has 1 N–H and O–H groups in total. The predicted molar refractivity (Wildman–Crippen MR) is 126 cm³/mol. The number of hydrogen-bond acceptors (Lipinski definition) is 8. The average Bonchev–Trinajstić information content (AvgIpc) is 3.09. The molecule has 2 aromatic rings. The number of thiazole rings is 1. The van der Waals surface area contributed by atoms with Gasteiger partial charge in [-0.15, -0.1) is 34.5 Å². The third kappa shape index (κ3) is 4.51. The average molecular weight is 558 g/mol. The summed E-state index contributed by atoms with van der Waals surface area (Å²) in [7, 11) is -0.764. The van der Waals surface area contributed by atoms with E-state index in [0.29, 0.717) is 6.42 Å². The molecule has 0 bridgehead atoms. The van der Waals surface area contributed by atoms with Crippen molar-refractivity contribution >= 4 is 73.5 Å². The second kappa shape index (κ2) is 9.01. The van der Waals surface area contributed by atoms with E-state index < -0.39 is 25.1 Å². The Bertz CT molecular complexity index is 1150. The zero-order valence-corrected chi connectivity index (χ0v) is 21.3. The summed E-state index contributed by atoms with van der Waals surface area (Å²) >= 11 is 20.1. The van der Waals surface area contributed by atoms with E-state index in [1.165, 1.54) is 11.6 Å². The molecular weight excluding hydrogens is 538 g/mol. The Hall–Kier alpha value is -1.37. The molecule has 33 heavy (non-hydrogen) atoms. The van der Waals surface area contributed by atoms with Crippen molar-refractivity contribution in [2.75, 3.05) is 23.9 Å². The molecule has 1 aromatic heterocycles. The number of benzene rings is 1. The van der Waals surface area contributed by atoms with E-state index in [1.54, 1.807) is 0 Å². The van der Waals surface area contributed by atoms with Crippen LogP contribution in [-0.2, 0) is 19.7 Å². The third-order valence-electron chi connectivity index (χ3n) is 6.07. The summed E-state index contributed by atoms with van der Waals surface area (Å²) in [6.07, 6.45) is 2.74. The Morgan fingerprint density at radius 1 is 1.30 bits per heavy atom. The second-order valence-corrected chi connectivity index (χ2v) is 12.6. The van der Waals surface area contributed by atoms with Crippen LogP contribution in [0.2, 0.25) is 5.02 Å². The first-order valence-electron chi connectivity index (χ1n) is 9.83. The monoisotopic (exact) mass is 556 g/mol. The van der Waals surface area contributed by atoms with Gasteiger partial charge in [0.1, 0.15) is 15.0 Å². The lowest BCUT2D eigenvalue weighted by Gasteiger charge is -2.36. The fourth-order valence-electron chi connectivity index (χ4n) is 4.36. The molecule has 0 radical (unpaired) electrons. The first-order valence-corrected chi connectivity index (χ1v) is 13.3. The van der Waals surface area contributed by atoms with Gasteiger partial charge in [0.05, 0.1) is 10.7 Å². The highest BCUT2D eigenvalue weighted by atomic mass is 35.5. The normalized spacial score (nSPS) is 25.9. The SMILES string of the molecule is CN(C)[C@H]1C[C@@H]2[C@H](C[C@@H]1Nc1cc(F)c(S(=O)(=O)N(OC=O)c3nccs3)cc1Cl)C2(Cl)Cl. The van der Waals surface area contributed by atoms with Crippen LogP contribution in [0.4, 0.5) is 15.2 Å². The summed E-state index contributed by atoms with van der Waals surface area (Å²) in [6, 6.07) is 1.92. The van der Waals surface area contributed by atoms with Crippen LogP contribution in [0.15, 0.2) is 28.6 Å². The Morgan fingerprint density at radius 2 is 2.00 bits per heavy atom. The fraction of sp³-hybridized carbons (Fsp3) is 0.474. The minimum Gasteiger partial charge on any atom is -0.379 e. The Kier molecular flexibility index (Phi) is 6.76. The smallest absolute Gasteiger partial charge is 0.322 e. The van der Waals surface area contributed by atoms with Gasteiger partial charge in [-0.2, -0.15) is 8.42 Å². The zero-order valence-electron chi connectivity index (χ0n) is 17.4. The van der Waals surface area contributed by atoms with Crippen molar-refractivity contribution in [1.29, 1.82) is 0 Å². The number of nitrogens with zero attached hydrogens (tertiary/aromatic N) is 3. The molecule has 2 aliphatic rings. The van der Waals surface area contributed by atoms with E-state index in [0.717, 1.165) is 29.9 Å². The first kappa shape index (κ1) is 24.7. The molecule has 2 aliphatic carbocycles. The third-order valence-corrected chi connectivity index (χ3v) is 9.92. The highest BCUT2D eigenvalue weighted by Crippen LogP contribution is 2.65. The molecule has 14 heteroatoms. The number of aromatic nitrogens is 1. The van der Waals surface area contributed by atoms with E-state index in [9.17, 15) is 13.2 Å². The molecule has 0 aliphatic heterocycles. The molecule has 2 fully saturated rings. The van der Waals surface area contributed by atoms with Crippen LogP contribution in [0.3, 0.4) is 0 Å². The van der Waals surface area contributed by atoms with E-state index in [-0.39, 0.29) is 50.7 Å². The number of sulfonamides is 1. The topological polar surface area (TPSA) is 91.8 Å². The number of carbonyl (C=O) groups excluding carboxylic acids is 1. The maximum Gasteiger partial charge on any atom is 0.322 e. The zero-order chi connectivity index (χ0) is 24.1. The van der Waals surface area contributed by atoms with E-state index in [2.05, 4.69) is 15.1 Å². The van der Waals surface area contributed by atoms with Gasteiger partial charge in [0.2, 0.25) is 5.13 Å². The van der Waals surface area contributed by atoms with Crippen molar-refractivity contribution < 1.29 is 22.4 Å². The highest BCUT2D eigenvalue weighted by Gasteiger charge is 2.66. The lowest BCUT2D eigenvalue weighted by Crippen LogP contribution is -2.46. The standard InChI is InChI=1S/C19H20Cl3FN4O4S2/c1-26(2)16-6-11-10(19(11,21)22)5-15(16)25-14-8-13(23)17(7-12(14)20)33(29,30)27(31-9-28)18-24-3-4-32-18/h3-4,7-11,15-16,25H,5-6H2,1-2H3/t10-,11+,15-,16-/m0/s1. The summed E-state index contributed by atoms with van der Waals surface area (Å²) in [6.45, 7) is -0.0855. The number of fused-ring (bicyclic) bond motifs is 1. The van der Waals surface area contributed by atoms with Crippen molar-refractivity contribution in [3.05, 3.63) is 34.5 Å². The van der Waals surface area contributed by atoms with Crippen molar-refractivity contribution in [3.8, 4) is 0 Å².